The molecular formula is C33H34N4O6S. The van der Waals surface area contributed by atoms with Gasteiger partial charge in [0.15, 0.2) is 6.61 Å². The molecule has 0 aromatic heterocycles. The quantitative estimate of drug-likeness (QED) is 0.161. The molecule has 2 atom stereocenters. The molecule has 0 aliphatic carbocycles. The van der Waals surface area contributed by atoms with Gasteiger partial charge in [0, 0.05) is 0 Å². The van der Waals surface area contributed by atoms with Crippen molar-refractivity contribution in [2.45, 2.75) is 25.9 Å². The Labute approximate surface area is 257 Å². The predicted molar refractivity (Wildman–Crippen MR) is 170 cm³/mol. The summed E-state index contributed by atoms with van der Waals surface area (Å²) in [6.07, 6.45) is 2.45. The third-order valence-corrected chi connectivity index (χ3v) is 7.72. The molecule has 10 nitrogen and oxygen atoms in total. The monoisotopic (exact) mass is 614 g/mol. The van der Waals surface area contributed by atoms with Gasteiger partial charge in [0.05, 0.1) is 24.2 Å². The van der Waals surface area contributed by atoms with Crippen molar-refractivity contribution in [2.24, 2.45) is 5.10 Å². The van der Waals surface area contributed by atoms with Crippen LogP contribution >= 0.6 is 0 Å². The summed E-state index contributed by atoms with van der Waals surface area (Å²) in [7, 11) is -3.81. The van der Waals surface area contributed by atoms with Crippen molar-refractivity contribution in [1.82, 2.24) is 10.7 Å². The second kappa shape index (κ2) is 14.8. The van der Waals surface area contributed by atoms with Crippen LogP contribution in [0.4, 0.5) is 5.69 Å². The number of carbonyl (C=O) groups excluding carboxylic acids is 2. The molecule has 0 saturated heterocycles. The van der Waals surface area contributed by atoms with Crippen LogP contribution in [0.25, 0.3) is 0 Å². The molecule has 228 valence electrons. The second-order valence-electron chi connectivity index (χ2n) is 9.94. The number of rotatable bonds is 13. The molecule has 0 fully saturated rings. The van der Waals surface area contributed by atoms with Gasteiger partial charge >= 0.3 is 0 Å². The Hall–Kier alpha value is -5.16. The van der Waals surface area contributed by atoms with Crippen LogP contribution in [0.1, 0.15) is 31.0 Å². The first-order chi connectivity index (χ1) is 21.1. The zero-order valence-electron chi connectivity index (χ0n) is 24.6. The summed E-state index contributed by atoms with van der Waals surface area (Å²) in [6.45, 7) is 3.24. The van der Waals surface area contributed by atoms with Gasteiger partial charge in [-0.1, -0.05) is 48.5 Å². The van der Waals surface area contributed by atoms with Crippen LogP contribution in [0.2, 0.25) is 0 Å². The minimum atomic E-state index is -3.81. The topological polar surface area (TPSA) is 126 Å². The van der Waals surface area contributed by atoms with Gasteiger partial charge in [0.2, 0.25) is 10.0 Å². The number of para-hydroxylation sites is 1. The van der Waals surface area contributed by atoms with Gasteiger partial charge < -0.3 is 14.8 Å². The third-order valence-electron chi connectivity index (χ3n) is 6.47. The Morgan fingerprint density at radius 2 is 1.39 bits per heavy atom. The van der Waals surface area contributed by atoms with Crippen molar-refractivity contribution in [2.75, 3.05) is 17.2 Å². The van der Waals surface area contributed by atoms with E-state index in [9.17, 15) is 18.0 Å². The minimum Gasteiger partial charge on any atom is -0.484 e. The molecule has 0 spiro atoms. The summed E-state index contributed by atoms with van der Waals surface area (Å²) < 4.78 is 37.6. The Morgan fingerprint density at radius 3 is 2.00 bits per heavy atom. The summed E-state index contributed by atoms with van der Waals surface area (Å²) >= 11 is 0. The van der Waals surface area contributed by atoms with Crippen molar-refractivity contribution in [1.29, 1.82) is 0 Å². The van der Waals surface area contributed by atoms with Gasteiger partial charge in [-0.05, 0) is 85.6 Å². The van der Waals surface area contributed by atoms with Crippen LogP contribution in [-0.2, 0) is 19.6 Å². The molecular weight excluding hydrogens is 580 g/mol. The molecule has 11 heteroatoms. The van der Waals surface area contributed by atoms with Crippen molar-refractivity contribution in [3.8, 4) is 17.2 Å². The van der Waals surface area contributed by atoms with Gasteiger partial charge in [0.25, 0.3) is 11.8 Å². The first-order valence-electron chi connectivity index (χ1n) is 13.8. The maximum Gasteiger partial charge on any atom is 0.263 e. The molecule has 0 aliphatic rings. The van der Waals surface area contributed by atoms with Gasteiger partial charge in [-0.25, -0.2) is 13.8 Å². The van der Waals surface area contributed by atoms with Crippen LogP contribution in [0, 0.1) is 0 Å². The molecule has 44 heavy (non-hydrogen) atoms. The van der Waals surface area contributed by atoms with Crippen molar-refractivity contribution in [3.63, 3.8) is 0 Å². The van der Waals surface area contributed by atoms with Gasteiger partial charge in [0.1, 0.15) is 23.3 Å². The number of sulfonamides is 1. The highest BCUT2D eigenvalue weighted by molar-refractivity contribution is 7.92. The molecule has 2 amide bonds. The number of hydrogen-bond acceptors (Lipinski definition) is 7. The predicted octanol–water partition coefficient (Wildman–Crippen LogP) is 5.04. The maximum atomic E-state index is 12.9. The molecule has 0 saturated carbocycles. The number of anilines is 1. The van der Waals surface area contributed by atoms with Crippen molar-refractivity contribution < 1.29 is 27.5 Å². The minimum absolute atomic E-state index is 0.141. The maximum absolute atomic E-state index is 12.9. The fraction of sp³-hybridized carbons (Fsp3) is 0.182. The van der Waals surface area contributed by atoms with E-state index < -0.39 is 22.0 Å². The summed E-state index contributed by atoms with van der Waals surface area (Å²) in [6, 6.07) is 30.8. The Balaban J connectivity index is 1.29. The number of amides is 2. The molecule has 0 aliphatic heterocycles. The zero-order chi connectivity index (χ0) is 31.5. The first-order valence-corrected chi connectivity index (χ1v) is 15.7. The van der Waals surface area contributed by atoms with Gasteiger partial charge in [-0.2, -0.15) is 5.10 Å². The molecule has 2 N–H and O–H groups in total. The lowest BCUT2D eigenvalue weighted by Crippen LogP contribution is -2.46. The van der Waals surface area contributed by atoms with E-state index in [0.29, 0.717) is 28.5 Å². The van der Waals surface area contributed by atoms with E-state index in [1.165, 1.54) is 13.1 Å². The third kappa shape index (κ3) is 9.17. The second-order valence-corrected chi connectivity index (χ2v) is 11.8. The number of hydrogen-bond donors (Lipinski definition) is 2. The molecule has 0 unspecified atom stereocenters. The van der Waals surface area contributed by atoms with Crippen LogP contribution in [0.5, 0.6) is 17.2 Å². The number of nitrogens with one attached hydrogen (secondary N) is 2. The van der Waals surface area contributed by atoms with E-state index in [2.05, 4.69) is 15.8 Å². The Morgan fingerprint density at radius 1 is 0.818 bits per heavy atom. The van der Waals surface area contributed by atoms with E-state index in [-0.39, 0.29) is 18.6 Å². The Kier molecular flexibility index (Phi) is 10.7. The number of carbonyl (C=O) groups is 2. The highest BCUT2D eigenvalue weighted by Crippen LogP contribution is 2.27. The van der Waals surface area contributed by atoms with Crippen LogP contribution < -0.4 is 24.5 Å². The molecule has 4 aromatic carbocycles. The first kappa shape index (κ1) is 31.8. The SMILES string of the molecule is C[C@H](NC(=O)COc1ccc(/C=N\NC(=O)[C@H](C)N(c2ccc(Oc3ccccc3)cc2)S(C)(=O)=O)cc1)c1ccccc1. The number of ether oxygens (including phenoxy) is 2. The van der Waals surface area contributed by atoms with E-state index in [4.69, 9.17) is 9.47 Å². The highest BCUT2D eigenvalue weighted by atomic mass is 32.2. The van der Waals surface area contributed by atoms with E-state index in [0.717, 1.165) is 16.1 Å². The molecule has 0 radical (unpaired) electrons. The van der Waals surface area contributed by atoms with Crippen molar-refractivity contribution in [3.05, 3.63) is 120 Å². The van der Waals surface area contributed by atoms with Crippen molar-refractivity contribution >= 4 is 33.7 Å². The smallest absolute Gasteiger partial charge is 0.263 e. The average Bonchev–Trinajstić information content (AvgIpc) is 3.02. The fourth-order valence-electron chi connectivity index (χ4n) is 4.27. The van der Waals surface area contributed by atoms with Crippen LogP contribution in [0.3, 0.4) is 0 Å². The molecule has 0 heterocycles. The molecule has 0 bridgehead atoms. The zero-order valence-corrected chi connectivity index (χ0v) is 25.4. The largest absolute Gasteiger partial charge is 0.484 e. The highest BCUT2D eigenvalue weighted by Gasteiger charge is 2.29. The summed E-state index contributed by atoms with van der Waals surface area (Å²) in [5.41, 5.74) is 4.36. The van der Waals surface area contributed by atoms with E-state index >= 15 is 0 Å². The molecule has 4 aromatic rings. The number of hydrazone groups is 1. The van der Waals surface area contributed by atoms with Crippen LogP contribution in [-0.4, -0.2) is 45.4 Å². The summed E-state index contributed by atoms with van der Waals surface area (Å²) in [4.78, 5) is 25.1. The van der Waals surface area contributed by atoms with E-state index in [1.807, 2.05) is 55.5 Å². The lowest BCUT2D eigenvalue weighted by molar-refractivity contribution is -0.124. The number of benzene rings is 4. The van der Waals surface area contributed by atoms with Gasteiger partial charge in [-0.15, -0.1) is 0 Å². The van der Waals surface area contributed by atoms with Crippen LogP contribution in [0.15, 0.2) is 114 Å². The Bertz CT molecular complexity index is 1660. The fourth-order valence-corrected chi connectivity index (χ4v) is 5.44. The normalized spacial score (nSPS) is 12.6. The average molecular weight is 615 g/mol. The lowest BCUT2D eigenvalue weighted by atomic mass is 10.1. The van der Waals surface area contributed by atoms with E-state index in [1.54, 1.807) is 60.7 Å². The lowest BCUT2D eigenvalue weighted by Gasteiger charge is -2.27. The molecule has 4 rings (SSSR count). The standard InChI is InChI=1S/C33H34N4O6S/c1-24(27-10-6-4-7-11-27)35-32(38)23-42-29-18-14-26(15-19-29)22-34-36-33(39)25(2)37(44(3,40)41)28-16-20-31(21-17-28)43-30-12-8-5-9-13-30/h4-22,24-25H,23H2,1-3H3,(H,35,38)(H,36,39)/b34-22-/t24-,25-/m0/s1. The van der Waals surface area contributed by atoms with Gasteiger partial charge in [-0.3, -0.25) is 13.9 Å². The summed E-state index contributed by atoms with van der Waals surface area (Å²) in [5, 5.41) is 6.87. The number of nitrogens with zero attached hydrogens (tertiary/aromatic N) is 2. The summed E-state index contributed by atoms with van der Waals surface area (Å²) in [5.74, 6) is 0.791.